The lowest BCUT2D eigenvalue weighted by Crippen LogP contribution is -2.25. The van der Waals surface area contributed by atoms with Crippen molar-refractivity contribution < 1.29 is 4.42 Å². The van der Waals surface area contributed by atoms with Crippen molar-refractivity contribution in [3.63, 3.8) is 0 Å². The van der Waals surface area contributed by atoms with E-state index in [0.717, 1.165) is 25.1 Å². The molecule has 0 amide bonds. The number of nitrogens with one attached hydrogen (secondary N) is 1. The Balaban J connectivity index is 1.71. The molecule has 2 nitrogen and oxygen atoms in total. The molecule has 0 saturated heterocycles. The highest BCUT2D eigenvalue weighted by molar-refractivity contribution is 7.98. The van der Waals surface area contributed by atoms with Crippen molar-refractivity contribution in [3.8, 4) is 0 Å². The Morgan fingerprint density at radius 2 is 2.00 bits per heavy atom. The van der Waals surface area contributed by atoms with Crippen LogP contribution in [0.15, 0.2) is 52.0 Å². The van der Waals surface area contributed by atoms with Gasteiger partial charge in [0.2, 0.25) is 0 Å². The molecule has 2 aromatic rings. The topological polar surface area (TPSA) is 25.2 Å². The SMILES string of the molecule is CSc1ccc(CNC(C)CCc2ccco2)cc1. The minimum absolute atomic E-state index is 0.491. The van der Waals surface area contributed by atoms with E-state index >= 15 is 0 Å². The molecular formula is C16H21NOS. The maximum atomic E-state index is 5.34. The van der Waals surface area contributed by atoms with Crippen LogP contribution in [0.1, 0.15) is 24.7 Å². The Morgan fingerprint density at radius 1 is 1.21 bits per heavy atom. The molecule has 1 aromatic heterocycles. The molecule has 0 bridgehead atoms. The van der Waals surface area contributed by atoms with Crippen LogP contribution in [0.2, 0.25) is 0 Å². The third-order valence-corrected chi connectivity index (χ3v) is 3.96. The first kappa shape index (κ1) is 14.2. The number of aryl methyl sites for hydroxylation is 1. The van der Waals surface area contributed by atoms with Gasteiger partial charge in [-0.1, -0.05) is 12.1 Å². The summed E-state index contributed by atoms with van der Waals surface area (Å²) in [6, 6.07) is 13.2. The third-order valence-electron chi connectivity index (χ3n) is 3.22. The van der Waals surface area contributed by atoms with E-state index < -0.39 is 0 Å². The van der Waals surface area contributed by atoms with Gasteiger partial charge >= 0.3 is 0 Å². The number of hydrogen-bond donors (Lipinski definition) is 1. The fourth-order valence-electron chi connectivity index (χ4n) is 1.95. The van der Waals surface area contributed by atoms with E-state index in [2.05, 4.69) is 42.8 Å². The Bertz CT molecular complexity index is 464. The summed E-state index contributed by atoms with van der Waals surface area (Å²) in [4.78, 5) is 1.31. The van der Waals surface area contributed by atoms with Crippen LogP contribution in [-0.2, 0) is 13.0 Å². The van der Waals surface area contributed by atoms with Gasteiger partial charge in [-0.15, -0.1) is 11.8 Å². The largest absolute Gasteiger partial charge is 0.469 e. The molecule has 1 heterocycles. The maximum absolute atomic E-state index is 5.34. The first-order valence-electron chi connectivity index (χ1n) is 6.66. The zero-order valence-corrected chi connectivity index (χ0v) is 12.4. The summed E-state index contributed by atoms with van der Waals surface area (Å²) in [7, 11) is 0. The monoisotopic (exact) mass is 275 g/mol. The van der Waals surface area contributed by atoms with Gasteiger partial charge in [0.25, 0.3) is 0 Å². The van der Waals surface area contributed by atoms with E-state index in [1.54, 1.807) is 18.0 Å². The van der Waals surface area contributed by atoms with Crippen LogP contribution in [-0.4, -0.2) is 12.3 Å². The van der Waals surface area contributed by atoms with Crippen LogP contribution in [0.4, 0.5) is 0 Å². The maximum Gasteiger partial charge on any atom is 0.103 e. The minimum Gasteiger partial charge on any atom is -0.469 e. The molecule has 1 N–H and O–H groups in total. The van der Waals surface area contributed by atoms with Crippen molar-refractivity contribution in [2.45, 2.75) is 37.2 Å². The van der Waals surface area contributed by atoms with Crippen LogP contribution in [0.25, 0.3) is 0 Å². The Hall–Kier alpha value is -1.19. The molecule has 1 aromatic carbocycles. The smallest absolute Gasteiger partial charge is 0.103 e. The predicted molar refractivity (Wildman–Crippen MR) is 81.6 cm³/mol. The van der Waals surface area contributed by atoms with Gasteiger partial charge in [0.15, 0.2) is 0 Å². The Morgan fingerprint density at radius 3 is 2.63 bits per heavy atom. The first-order valence-corrected chi connectivity index (χ1v) is 7.89. The average Bonchev–Trinajstić information content (AvgIpc) is 2.96. The molecule has 0 aliphatic heterocycles. The first-order chi connectivity index (χ1) is 9.28. The van der Waals surface area contributed by atoms with Crippen LogP contribution in [0.5, 0.6) is 0 Å². The Kier molecular flexibility index (Phi) is 5.55. The summed E-state index contributed by atoms with van der Waals surface area (Å²) >= 11 is 1.78. The van der Waals surface area contributed by atoms with Crippen LogP contribution >= 0.6 is 11.8 Å². The van der Waals surface area contributed by atoms with Crippen molar-refractivity contribution >= 4 is 11.8 Å². The number of hydrogen-bond acceptors (Lipinski definition) is 3. The van der Waals surface area contributed by atoms with Crippen molar-refractivity contribution in [1.82, 2.24) is 5.32 Å². The second-order valence-electron chi connectivity index (χ2n) is 4.75. The van der Waals surface area contributed by atoms with Gasteiger partial charge < -0.3 is 9.73 Å². The van der Waals surface area contributed by atoms with Gasteiger partial charge in [-0.25, -0.2) is 0 Å². The van der Waals surface area contributed by atoms with Crippen molar-refractivity contribution in [3.05, 3.63) is 54.0 Å². The fourth-order valence-corrected chi connectivity index (χ4v) is 2.36. The number of rotatable bonds is 7. The lowest BCUT2D eigenvalue weighted by molar-refractivity contribution is 0.460. The summed E-state index contributed by atoms with van der Waals surface area (Å²) in [6.07, 6.45) is 5.92. The lowest BCUT2D eigenvalue weighted by Gasteiger charge is -2.13. The van der Waals surface area contributed by atoms with E-state index in [4.69, 9.17) is 4.42 Å². The summed E-state index contributed by atoms with van der Waals surface area (Å²) in [5.74, 6) is 1.07. The van der Waals surface area contributed by atoms with E-state index in [9.17, 15) is 0 Å². The average molecular weight is 275 g/mol. The molecule has 102 valence electrons. The summed E-state index contributed by atoms with van der Waals surface area (Å²) in [6.45, 7) is 3.15. The fraction of sp³-hybridized carbons (Fsp3) is 0.375. The minimum atomic E-state index is 0.491. The highest BCUT2D eigenvalue weighted by atomic mass is 32.2. The molecule has 19 heavy (non-hydrogen) atoms. The van der Waals surface area contributed by atoms with E-state index in [1.807, 2.05) is 12.1 Å². The molecule has 0 saturated carbocycles. The molecule has 0 aliphatic carbocycles. The molecule has 2 rings (SSSR count). The molecule has 0 radical (unpaired) electrons. The number of benzene rings is 1. The summed E-state index contributed by atoms with van der Waals surface area (Å²) in [5, 5.41) is 3.55. The lowest BCUT2D eigenvalue weighted by atomic mass is 10.1. The number of furan rings is 1. The molecule has 3 heteroatoms. The molecule has 1 atom stereocenters. The van der Waals surface area contributed by atoms with Gasteiger partial charge in [-0.3, -0.25) is 0 Å². The van der Waals surface area contributed by atoms with Gasteiger partial charge in [0, 0.05) is 23.9 Å². The quantitative estimate of drug-likeness (QED) is 0.770. The van der Waals surface area contributed by atoms with Crippen molar-refractivity contribution in [2.75, 3.05) is 6.26 Å². The molecule has 0 aliphatic rings. The molecule has 1 unspecified atom stereocenters. The van der Waals surface area contributed by atoms with Gasteiger partial charge in [-0.05, 0) is 49.4 Å². The molecule has 0 fully saturated rings. The molecular weight excluding hydrogens is 254 g/mol. The van der Waals surface area contributed by atoms with Crippen LogP contribution in [0, 0.1) is 0 Å². The van der Waals surface area contributed by atoms with Gasteiger partial charge in [-0.2, -0.15) is 0 Å². The zero-order chi connectivity index (χ0) is 13.5. The molecule has 0 spiro atoms. The second-order valence-corrected chi connectivity index (χ2v) is 5.63. The Labute approximate surface area is 119 Å². The second kappa shape index (κ2) is 7.41. The predicted octanol–water partition coefficient (Wildman–Crippen LogP) is 4.11. The summed E-state index contributed by atoms with van der Waals surface area (Å²) in [5.41, 5.74) is 1.34. The van der Waals surface area contributed by atoms with Gasteiger partial charge in [0.05, 0.1) is 6.26 Å². The van der Waals surface area contributed by atoms with Crippen LogP contribution < -0.4 is 5.32 Å². The highest BCUT2D eigenvalue weighted by Crippen LogP contribution is 2.15. The highest BCUT2D eigenvalue weighted by Gasteiger charge is 2.04. The zero-order valence-electron chi connectivity index (χ0n) is 11.6. The normalized spacial score (nSPS) is 12.5. The summed E-state index contributed by atoms with van der Waals surface area (Å²) < 4.78 is 5.34. The number of thioether (sulfide) groups is 1. The van der Waals surface area contributed by atoms with E-state index in [0.29, 0.717) is 6.04 Å². The van der Waals surface area contributed by atoms with Crippen molar-refractivity contribution in [1.29, 1.82) is 0 Å². The van der Waals surface area contributed by atoms with Gasteiger partial charge in [0.1, 0.15) is 5.76 Å². The standard InChI is InChI=1S/C16H21NOS/c1-13(5-8-15-4-3-11-18-15)17-12-14-6-9-16(19-2)10-7-14/h3-4,6-7,9-11,13,17H,5,8,12H2,1-2H3. The van der Waals surface area contributed by atoms with E-state index in [1.165, 1.54) is 10.5 Å². The van der Waals surface area contributed by atoms with Crippen LogP contribution in [0.3, 0.4) is 0 Å². The third kappa shape index (κ3) is 4.77. The van der Waals surface area contributed by atoms with E-state index in [-0.39, 0.29) is 0 Å². The van der Waals surface area contributed by atoms with Crippen molar-refractivity contribution in [2.24, 2.45) is 0 Å².